The Bertz CT molecular complexity index is 822. The smallest absolute Gasteiger partial charge is 0.408 e. The van der Waals surface area contributed by atoms with Crippen molar-refractivity contribution < 1.29 is 23.5 Å². The second-order valence-electron chi connectivity index (χ2n) is 8.02. The fourth-order valence-electron chi connectivity index (χ4n) is 3.12. The maximum Gasteiger partial charge on any atom is 0.408 e. The summed E-state index contributed by atoms with van der Waals surface area (Å²) in [6.45, 7) is 6.46. The highest BCUT2D eigenvalue weighted by Gasteiger charge is 2.34. The molecule has 0 saturated carbocycles. The van der Waals surface area contributed by atoms with Gasteiger partial charge in [0.2, 0.25) is 6.39 Å². The second kappa shape index (κ2) is 9.47. The molecule has 0 unspecified atom stereocenters. The molecule has 1 aromatic heterocycles. The van der Waals surface area contributed by atoms with Gasteiger partial charge in [0.15, 0.2) is 0 Å². The predicted molar refractivity (Wildman–Crippen MR) is 108 cm³/mol. The zero-order chi connectivity index (χ0) is 21.6. The minimum atomic E-state index is -0.636. The van der Waals surface area contributed by atoms with Gasteiger partial charge in [0, 0.05) is 13.1 Å². The van der Waals surface area contributed by atoms with Crippen LogP contribution >= 0.6 is 0 Å². The number of hydrogen-bond donors (Lipinski definition) is 2. The van der Waals surface area contributed by atoms with E-state index in [1.807, 2.05) is 35.2 Å². The highest BCUT2D eigenvalue weighted by atomic mass is 16.6. The van der Waals surface area contributed by atoms with Gasteiger partial charge in [-0.25, -0.2) is 9.59 Å². The highest BCUT2D eigenvalue weighted by Crippen LogP contribution is 2.19. The summed E-state index contributed by atoms with van der Waals surface area (Å²) in [6, 6.07) is 8.98. The number of piperidine rings is 1. The van der Waals surface area contributed by atoms with Crippen LogP contribution in [0, 0.1) is 0 Å². The number of carbonyl (C=O) groups is 2. The number of rotatable bonds is 5. The summed E-state index contributed by atoms with van der Waals surface area (Å²) in [5.41, 5.74) is 0.255. The third-order valence-electron chi connectivity index (χ3n) is 4.45. The maximum atomic E-state index is 12.3. The molecule has 0 bridgehead atoms. The van der Waals surface area contributed by atoms with Crippen molar-refractivity contribution in [2.24, 2.45) is 0 Å². The van der Waals surface area contributed by atoms with Crippen LogP contribution in [0.1, 0.15) is 32.8 Å². The number of carbonyl (C=O) groups excluding carboxylic acids is 2. The average Bonchev–Trinajstić information content (AvgIpc) is 3.22. The Hall–Kier alpha value is -3.30. The summed E-state index contributed by atoms with van der Waals surface area (Å²) in [6.07, 6.45) is 0.677. The van der Waals surface area contributed by atoms with Gasteiger partial charge in [-0.15, -0.1) is 5.10 Å². The van der Waals surface area contributed by atoms with Crippen LogP contribution in [-0.2, 0) is 16.1 Å². The van der Waals surface area contributed by atoms with Gasteiger partial charge in [-0.2, -0.15) is 0 Å². The molecule has 1 saturated heterocycles. The Kier molecular flexibility index (Phi) is 6.76. The van der Waals surface area contributed by atoms with Gasteiger partial charge in [0.25, 0.3) is 0 Å². The summed E-state index contributed by atoms with van der Waals surface area (Å²) in [5.74, 6) is 0. The third-order valence-corrected chi connectivity index (χ3v) is 4.45. The molecule has 1 aromatic carbocycles. The van der Waals surface area contributed by atoms with Gasteiger partial charge in [0.05, 0.1) is 12.1 Å². The fourth-order valence-corrected chi connectivity index (χ4v) is 3.12. The maximum absolute atomic E-state index is 12.3. The Morgan fingerprint density at radius 2 is 1.90 bits per heavy atom. The molecule has 1 fully saturated rings. The lowest BCUT2D eigenvalue weighted by molar-refractivity contribution is 0.0484. The minimum Gasteiger partial charge on any atom is -0.445 e. The van der Waals surface area contributed by atoms with E-state index in [4.69, 9.17) is 13.9 Å². The zero-order valence-electron chi connectivity index (χ0n) is 17.3. The summed E-state index contributed by atoms with van der Waals surface area (Å²) in [7, 11) is 0. The van der Waals surface area contributed by atoms with Gasteiger partial charge >= 0.3 is 18.2 Å². The Morgan fingerprint density at radius 1 is 1.17 bits per heavy atom. The lowest BCUT2D eigenvalue weighted by Gasteiger charge is -2.38. The van der Waals surface area contributed by atoms with Crippen LogP contribution in [0.5, 0.6) is 0 Å². The van der Waals surface area contributed by atoms with Crippen molar-refractivity contribution in [1.29, 1.82) is 0 Å². The topological polar surface area (TPSA) is 119 Å². The summed E-state index contributed by atoms with van der Waals surface area (Å²) < 4.78 is 15.9. The van der Waals surface area contributed by atoms with Crippen molar-refractivity contribution in [3.63, 3.8) is 0 Å². The van der Waals surface area contributed by atoms with Gasteiger partial charge in [-0.1, -0.05) is 35.4 Å². The third kappa shape index (κ3) is 6.36. The quantitative estimate of drug-likeness (QED) is 0.762. The fraction of sp³-hybridized carbons (Fsp3) is 0.500. The van der Waals surface area contributed by atoms with Crippen LogP contribution in [0.15, 0.2) is 41.1 Å². The Balaban J connectivity index is 1.61. The molecule has 10 nitrogen and oxygen atoms in total. The molecule has 1 aliphatic rings. The predicted octanol–water partition coefficient (Wildman–Crippen LogP) is 2.47. The standard InChI is InChI=1S/C20H27N5O5/c1-20(2,3)30-19(27)23-16-11-25(17-24-21-13-29-17)10-9-15(16)22-18(26)28-12-14-7-5-4-6-8-14/h4-8,13,15-16H,9-12H2,1-3H3,(H,22,26)(H,23,27)/t15-,16+/m0/s1. The van der Waals surface area contributed by atoms with Gasteiger partial charge in [0.1, 0.15) is 12.2 Å². The SMILES string of the molecule is CC(C)(C)OC(=O)N[C@@H]1CN(c2nnco2)CC[C@@H]1NC(=O)OCc1ccccc1. The van der Waals surface area contributed by atoms with Gasteiger partial charge < -0.3 is 29.4 Å². The van der Waals surface area contributed by atoms with Crippen molar-refractivity contribution in [1.82, 2.24) is 20.8 Å². The zero-order valence-corrected chi connectivity index (χ0v) is 17.3. The summed E-state index contributed by atoms with van der Waals surface area (Å²) in [5, 5.41) is 13.3. The van der Waals surface area contributed by atoms with E-state index in [0.29, 0.717) is 25.5 Å². The van der Waals surface area contributed by atoms with Gasteiger partial charge in [-0.3, -0.25) is 0 Å². The molecule has 0 radical (unpaired) electrons. The molecule has 0 spiro atoms. The van der Waals surface area contributed by atoms with Crippen molar-refractivity contribution in [3.8, 4) is 0 Å². The van der Waals surface area contributed by atoms with E-state index in [2.05, 4.69) is 20.8 Å². The lowest BCUT2D eigenvalue weighted by atomic mass is 10.00. The van der Waals surface area contributed by atoms with Crippen LogP contribution in [0.25, 0.3) is 0 Å². The largest absolute Gasteiger partial charge is 0.445 e. The van der Waals surface area contributed by atoms with Crippen LogP contribution in [0.3, 0.4) is 0 Å². The van der Waals surface area contributed by atoms with E-state index < -0.39 is 23.8 Å². The number of amides is 2. The number of nitrogens with one attached hydrogen (secondary N) is 2. The molecule has 2 heterocycles. The first kappa shape index (κ1) is 21.4. The molecule has 0 aliphatic carbocycles. The van der Waals surface area contributed by atoms with Crippen LogP contribution < -0.4 is 15.5 Å². The molecule has 1 aliphatic heterocycles. The van der Waals surface area contributed by atoms with Crippen molar-refractivity contribution in [2.75, 3.05) is 18.0 Å². The van der Waals surface area contributed by atoms with Crippen molar-refractivity contribution in [3.05, 3.63) is 42.3 Å². The molecule has 30 heavy (non-hydrogen) atoms. The number of alkyl carbamates (subject to hydrolysis) is 2. The van der Waals surface area contributed by atoms with Gasteiger partial charge in [-0.05, 0) is 32.8 Å². The van der Waals surface area contributed by atoms with E-state index in [0.717, 1.165) is 5.56 Å². The van der Waals surface area contributed by atoms with E-state index in [1.54, 1.807) is 20.8 Å². The van der Waals surface area contributed by atoms with Crippen molar-refractivity contribution >= 4 is 18.2 Å². The molecule has 2 N–H and O–H groups in total. The minimum absolute atomic E-state index is 0.164. The molecule has 3 rings (SSSR count). The number of benzene rings is 1. The number of ether oxygens (including phenoxy) is 2. The molecule has 162 valence electrons. The average molecular weight is 417 g/mol. The number of nitrogens with zero attached hydrogens (tertiary/aromatic N) is 3. The van der Waals surface area contributed by atoms with Crippen LogP contribution in [0.4, 0.5) is 15.6 Å². The molecule has 2 aromatic rings. The summed E-state index contributed by atoms with van der Waals surface area (Å²) >= 11 is 0. The summed E-state index contributed by atoms with van der Waals surface area (Å²) in [4.78, 5) is 26.5. The van der Waals surface area contributed by atoms with E-state index in [1.165, 1.54) is 6.39 Å². The lowest BCUT2D eigenvalue weighted by Crippen LogP contribution is -2.61. The first-order valence-electron chi connectivity index (χ1n) is 9.78. The molecular formula is C20H27N5O5. The Labute approximate surface area is 174 Å². The van der Waals surface area contributed by atoms with Crippen LogP contribution in [-0.4, -0.2) is 53.2 Å². The molecular weight excluding hydrogens is 390 g/mol. The number of aromatic nitrogens is 2. The first-order valence-corrected chi connectivity index (χ1v) is 9.78. The molecule has 10 heteroatoms. The normalized spacial score (nSPS) is 19.1. The Morgan fingerprint density at radius 3 is 2.57 bits per heavy atom. The highest BCUT2D eigenvalue weighted by molar-refractivity contribution is 5.70. The van der Waals surface area contributed by atoms with E-state index >= 15 is 0 Å². The number of hydrogen-bond acceptors (Lipinski definition) is 8. The number of anilines is 1. The first-order chi connectivity index (χ1) is 14.3. The van der Waals surface area contributed by atoms with Crippen molar-refractivity contribution in [2.45, 2.75) is 51.5 Å². The molecule has 2 atom stereocenters. The second-order valence-corrected chi connectivity index (χ2v) is 8.02. The van der Waals surface area contributed by atoms with E-state index in [-0.39, 0.29) is 12.6 Å². The monoisotopic (exact) mass is 417 g/mol. The van der Waals surface area contributed by atoms with E-state index in [9.17, 15) is 9.59 Å². The molecule has 2 amide bonds. The van der Waals surface area contributed by atoms with Crippen LogP contribution in [0.2, 0.25) is 0 Å².